The standard InChI is InChI=1S/C19H28O4/c1-10(2)8-13-9-12(4)14-7-6-11(3)15-16(14)19(22,18(13,5)21)23-17(15)20/h8,11-14,21-22H,6-7,9H2,1-5H3/t11-,12-,13+,14+,18+,19+/m0/s1. The van der Waals surface area contributed by atoms with E-state index in [4.69, 9.17) is 4.74 Å². The van der Waals surface area contributed by atoms with Gasteiger partial charge in [-0.3, -0.25) is 0 Å². The molecule has 1 saturated carbocycles. The summed E-state index contributed by atoms with van der Waals surface area (Å²) in [5, 5.41) is 22.6. The smallest absolute Gasteiger partial charge is 0.337 e. The molecule has 0 bridgehead atoms. The van der Waals surface area contributed by atoms with Crippen molar-refractivity contribution in [2.24, 2.45) is 23.7 Å². The van der Waals surface area contributed by atoms with E-state index in [-0.39, 0.29) is 23.7 Å². The van der Waals surface area contributed by atoms with Crippen molar-refractivity contribution in [2.45, 2.75) is 65.3 Å². The summed E-state index contributed by atoms with van der Waals surface area (Å²) in [4.78, 5) is 12.4. The molecule has 23 heavy (non-hydrogen) atoms. The summed E-state index contributed by atoms with van der Waals surface area (Å²) in [7, 11) is 0. The molecule has 1 heterocycles. The third-order valence-electron chi connectivity index (χ3n) is 6.15. The van der Waals surface area contributed by atoms with Crippen LogP contribution in [0.3, 0.4) is 0 Å². The van der Waals surface area contributed by atoms with Gasteiger partial charge >= 0.3 is 5.97 Å². The molecule has 4 nitrogen and oxygen atoms in total. The van der Waals surface area contributed by atoms with Crippen LogP contribution in [0.15, 0.2) is 22.8 Å². The van der Waals surface area contributed by atoms with Crippen LogP contribution < -0.4 is 0 Å². The Morgan fingerprint density at radius 2 is 1.91 bits per heavy atom. The van der Waals surface area contributed by atoms with Crippen molar-refractivity contribution in [2.75, 3.05) is 0 Å². The number of carbonyl (C=O) groups is 1. The van der Waals surface area contributed by atoms with E-state index in [2.05, 4.69) is 6.92 Å². The van der Waals surface area contributed by atoms with Crippen molar-refractivity contribution in [3.05, 3.63) is 22.8 Å². The predicted octanol–water partition coefficient (Wildman–Crippen LogP) is 2.95. The molecule has 128 valence electrons. The highest BCUT2D eigenvalue weighted by atomic mass is 16.7. The summed E-state index contributed by atoms with van der Waals surface area (Å²) >= 11 is 0. The maximum atomic E-state index is 12.4. The van der Waals surface area contributed by atoms with Crippen LogP contribution >= 0.6 is 0 Å². The third-order valence-corrected chi connectivity index (χ3v) is 6.15. The second-order valence-electron chi connectivity index (χ2n) is 8.16. The van der Waals surface area contributed by atoms with Gasteiger partial charge in [-0.05, 0) is 57.8 Å². The molecule has 1 fully saturated rings. The van der Waals surface area contributed by atoms with Gasteiger partial charge in [-0.2, -0.15) is 0 Å². The molecule has 0 radical (unpaired) electrons. The number of rotatable bonds is 1. The van der Waals surface area contributed by atoms with Gasteiger partial charge in [0.2, 0.25) is 0 Å². The summed E-state index contributed by atoms with van der Waals surface area (Å²) in [6, 6.07) is 0. The van der Waals surface area contributed by atoms with Crippen LogP contribution in [-0.4, -0.2) is 27.6 Å². The van der Waals surface area contributed by atoms with E-state index in [0.29, 0.717) is 11.1 Å². The Labute approximate surface area is 138 Å². The van der Waals surface area contributed by atoms with E-state index in [9.17, 15) is 15.0 Å². The van der Waals surface area contributed by atoms with Gasteiger partial charge in [0.1, 0.15) is 5.60 Å². The van der Waals surface area contributed by atoms with Crippen LogP contribution in [0.25, 0.3) is 0 Å². The van der Waals surface area contributed by atoms with Crippen LogP contribution in [-0.2, 0) is 9.53 Å². The first kappa shape index (κ1) is 16.7. The lowest BCUT2D eigenvalue weighted by atomic mass is 9.70. The van der Waals surface area contributed by atoms with E-state index < -0.39 is 17.4 Å². The normalized spacial score (nSPS) is 46.1. The van der Waals surface area contributed by atoms with Crippen LogP contribution in [0.1, 0.15) is 53.9 Å². The topological polar surface area (TPSA) is 66.8 Å². The van der Waals surface area contributed by atoms with Gasteiger partial charge in [0, 0.05) is 17.1 Å². The highest BCUT2D eigenvalue weighted by molar-refractivity contribution is 5.94. The molecule has 3 rings (SSSR count). The quantitative estimate of drug-likeness (QED) is 0.576. The lowest BCUT2D eigenvalue weighted by molar-refractivity contribution is -0.261. The average molecular weight is 320 g/mol. The molecule has 2 aliphatic carbocycles. The van der Waals surface area contributed by atoms with Gasteiger partial charge < -0.3 is 14.9 Å². The Morgan fingerprint density at radius 1 is 1.26 bits per heavy atom. The fraction of sp³-hybridized carbons (Fsp3) is 0.737. The first-order valence-electron chi connectivity index (χ1n) is 8.67. The first-order chi connectivity index (χ1) is 10.6. The summed E-state index contributed by atoms with van der Waals surface area (Å²) in [6.07, 6.45) is 4.63. The molecular formula is C19H28O4. The van der Waals surface area contributed by atoms with E-state index in [0.717, 1.165) is 24.8 Å². The minimum atomic E-state index is -1.90. The Hall–Kier alpha value is -1.13. The number of carbonyl (C=O) groups excluding carboxylic acids is 1. The number of allylic oxidation sites excluding steroid dienone is 1. The Bertz CT molecular complexity index is 596. The summed E-state index contributed by atoms with van der Waals surface area (Å²) in [5.41, 5.74) is 0.817. The van der Waals surface area contributed by atoms with Gasteiger partial charge in [0.25, 0.3) is 5.79 Å². The fourth-order valence-corrected chi connectivity index (χ4v) is 4.80. The van der Waals surface area contributed by atoms with Gasteiger partial charge in [-0.1, -0.05) is 25.5 Å². The Morgan fingerprint density at radius 3 is 2.52 bits per heavy atom. The minimum Gasteiger partial charge on any atom is -0.422 e. The fourth-order valence-electron chi connectivity index (χ4n) is 4.80. The predicted molar refractivity (Wildman–Crippen MR) is 87.3 cm³/mol. The highest BCUT2D eigenvalue weighted by Crippen LogP contribution is 2.57. The maximum Gasteiger partial charge on any atom is 0.337 e. The molecule has 0 spiro atoms. The maximum absolute atomic E-state index is 12.4. The van der Waals surface area contributed by atoms with Gasteiger partial charge in [-0.15, -0.1) is 0 Å². The van der Waals surface area contributed by atoms with E-state index >= 15 is 0 Å². The summed E-state index contributed by atoms with van der Waals surface area (Å²) < 4.78 is 5.46. The van der Waals surface area contributed by atoms with Crippen molar-refractivity contribution < 1.29 is 19.7 Å². The van der Waals surface area contributed by atoms with Crippen molar-refractivity contribution in [3.8, 4) is 0 Å². The molecule has 1 aliphatic heterocycles. The number of hydrogen-bond donors (Lipinski definition) is 2. The lowest BCUT2D eigenvalue weighted by Gasteiger charge is -2.42. The molecule has 0 aromatic heterocycles. The van der Waals surface area contributed by atoms with Crippen molar-refractivity contribution in [3.63, 3.8) is 0 Å². The second-order valence-corrected chi connectivity index (χ2v) is 8.16. The minimum absolute atomic E-state index is 0.0748. The molecule has 3 aliphatic rings. The van der Waals surface area contributed by atoms with Crippen LogP contribution in [0.5, 0.6) is 0 Å². The molecule has 0 unspecified atom stereocenters. The number of aliphatic hydroxyl groups is 2. The molecule has 0 saturated heterocycles. The van der Waals surface area contributed by atoms with E-state index in [1.165, 1.54) is 0 Å². The highest BCUT2D eigenvalue weighted by Gasteiger charge is 2.65. The SMILES string of the molecule is CC(C)=C[C@@H]1C[C@H](C)[C@H]2CC[C@H](C)C3=C2[C@@](O)(OC3=O)[C@]1(C)O. The Kier molecular flexibility index (Phi) is 3.77. The molecule has 2 N–H and O–H groups in total. The number of esters is 1. The molecular weight excluding hydrogens is 292 g/mol. The van der Waals surface area contributed by atoms with Crippen molar-refractivity contribution in [1.82, 2.24) is 0 Å². The van der Waals surface area contributed by atoms with Gasteiger partial charge in [-0.25, -0.2) is 4.79 Å². The first-order valence-corrected chi connectivity index (χ1v) is 8.67. The largest absolute Gasteiger partial charge is 0.422 e. The second kappa shape index (κ2) is 5.18. The molecule has 6 atom stereocenters. The Balaban J connectivity index is 2.22. The zero-order valence-corrected chi connectivity index (χ0v) is 14.7. The number of hydrogen-bond acceptors (Lipinski definition) is 4. The van der Waals surface area contributed by atoms with Crippen LogP contribution in [0, 0.1) is 23.7 Å². The van der Waals surface area contributed by atoms with Gasteiger partial charge in [0.05, 0.1) is 0 Å². The lowest BCUT2D eigenvalue weighted by Crippen LogP contribution is -2.57. The van der Waals surface area contributed by atoms with Crippen LogP contribution in [0.2, 0.25) is 0 Å². The molecule has 0 aromatic rings. The zero-order chi connectivity index (χ0) is 17.2. The molecule has 4 heteroatoms. The third kappa shape index (κ3) is 2.22. The van der Waals surface area contributed by atoms with E-state index in [1.807, 2.05) is 26.8 Å². The zero-order valence-electron chi connectivity index (χ0n) is 14.7. The van der Waals surface area contributed by atoms with Crippen molar-refractivity contribution in [1.29, 1.82) is 0 Å². The monoisotopic (exact) mass is 320 g/mol. The summed E-state index contributed by atoms with van der Waals surface area (Å²) in [5.74, 6) is -2.16. The number of ether oxygens (including phenoxy) is 1. The van der Waals surface area contributed by atoms with Crippen molar-refractivity contribution >= 4 is 5.97 Å². The van der Waals surface area contributed by atoms with Crippen LogP contribution in [0.4, 0.5) is 0 Å². The molecule has 0 aromatic carbocycles. The average Bonchev–Trinajstić information content (AvgIpc) is 2.69. The summed E-state index contributed by atoms with van der Waals surface area (Å²) in [6.45, 7) is 9.73. The molecule has 0 amide bonds. The van der Waals surface area contributed by atoms with E-state index in [1.54, 1.807) is 6.92 Å². The van der Waals surface area contributed by atoms with Gasteiger partial charge in [0.15, 0.2) is 0 Å².